The van der Waals surface area contributed by atoms with Gasteiger partial charge in [0.05, 0.1) is 26.9 Å². The molecule has 0 aromatic carbocycles. The Kier molecular flexibility index (Phi) is 4.78. The van der Waals surface area contributed by atoms with Crippen LogP contribution in [0, 0.1) is 0 Å². The molecule has 0 N–H and O–H groups in total. The topological polar surface area (TPSA) is 62.6 Å². The lowest BCUT2D eigenvalue weighted by atomic mass is 10.3. The van der Waals surface area contributed by atoms with Crippen LogP contribution in [0.15, 0.2) is 6.20 Å². The molecule has 6 heteroatoms. The Morgan fingerprint density at radius 2 is 2.25 bits per heavy atom. The molecule has 0 radical (unpaired) electrons. The van der Waals surface area contributed by atoms with E-state index >= 15 is 0 Å². The molecule has 0 aliphatic heterocycles. The van der Waals surface area contributed by atoms with E-state index in [0.29, 0.717) is 25.3 Å². The average molecular weight is 228 g/mol. The number of nitrogens with zero attached hydrogens (tertiary/aromatic N) is 2. The van der Waals surface area contributed by atoms with Crippen LogP contribution in [0.4, 0.5) is 0 Å². The van der Waals surface area contributed by atoms with Crippen molar-refractivity contribution in [3.05, 3.63) is 11.8 Å². The van der Waals surface area contributed by atoms with E-state index in [0.717, 1.165) is 0 Å². The van der Waals surface area contributed by atoms with Gasteiger partial charge >= 0.3 is 5.97 Å². The minimum Gasteiger partial charge on any atom is -0.479 e. The molecule has 1 aromatic rings. The van der Waals surface area contributed by atoms with E-state index in [1.807, 2.05) is 0 Å². The normalized spacial score (nSPS) is 10.2. The van der Waals surface area contributed by atoms with Crippen molar-refractivity contribution in [1.29, 1.82) is 0 Å². The Morgan fingerprint density at radius 1 is 1.50 bits per heavy atom. The summed E-state index contributed by atoms with van der Waals surface area (Å²) >= 11 is 0. The van der Waals surface area contributed by atoms with Crippen molar-refractivity contribution < 1.29 is 19.0 Å². The first kappa shape index (κ1) is 12.5. The molecule has 1 heterocycles. The highest BCUT2D eigenvalue weighted by molar-refractivity contribution is 5.91. The third-order valence-corrected chi connectivity index (χ3v) is 1.94. The fourth-order valence-electron chi connectivity index (χ4n) is 1.20. The first-order chi connectivity index (χ1) is 7.72. The molecule has 0 atom stereocenters. The van der Waals surface area contributed by atoms with Crippen molar-refractivity contribution in [2.45, 2.75) is 13.5 Å². The second-order valence-corrected chi connectivity index (χ2v) is 3.03. The van der Waals surface area contributed by atoms with Gasteiger partial charge in [0.1, 0.15) is 5.56 Å². The van der Waals surface area contributed by atoms with Gasteiger partial charge in [-0.3, -0.25) is 4.68 Å². The molecule has 0 saturated heterocycles. The number of methoxy groups -OCH3 is 2. The summed E-state index contributed by atoms with van der Waals surface area (Å²) in [5.74, 6) is -0.155. The number of rotatable bonds is 6. The van der Waals surface area contributed by atoms with E-state index in [1.54, 1.807) is 24.9 Å². The summed E-state index contributed by atoms with van der Waals surface area (Å²) in [6.45, 7) is 3.16. The van der Waals surface area contributed by atoms with Gasteiger partial charge in [0.25, 0.3) is 0 Å². The van der Waals surface area contributed by atoms with E-state index in [9.17, 15) is 4.79 Å². The number of hydrogen-bond acceptors (Lipinski definition) is 5. The van der Waals surface area contributed by atoms with Crippen LogP contribution < -0.4 is 4.74 Å². The van der Waals surface area contributed by atoms with Crippen molar-refractivity contribution in [2.75, 3.05) is 27.4 Å². The average Bonchev–Trinajstić information content (AvgIpc) is 2.70. The SMILES string of the molecule is CCOC(=O)c1cn(CCOC)nc1OC. The van der Waals surface area contributed by atoms with Crippen molar-refractivity contribution in [2.24, 2.45) is 0 Å². The van der Waals surface area contributed by atoms with Crippen LogP contribution in [0.5, 0.6) is 5.88 Å². The second kappa shape index (κ2) is 6.12. The first-order valence-electron chi connectivity index (χ1n) is 5.00. The largest absolute Gasteiger partial charge is 0.479 e. The highest BCUT2D eigenvalue weighted by Gasteiger charge is 2.17. The summed E-state index contributed by atoms with van der Waals surface area (Å²) in [4.78, 5) is 11.5. The molecule has 1 aromatic heterocycles. The van der Waals surface area contributed by atoms with Gasteiger partial charge in [-0.05, 0) is 6.92 Å². The fraction of sp³-hybridized carbons (Fsp3) is 0.600. The molecule has 16 heavy (non-hydrogen) atoms. The Morgan fingerprint density at radius 3 is 2.81 bits per heavy atom. The Labute approximate surface area is 94.1 Å². The number of hydrogen-bond donors (Lipinski definition) is 0. The Hall–Kier alpha value is -1.56. The van der Waals surface area contributed by atoms with Crippen LogP contribution in [0.3, 0.4) is 0 Å². The zero-order chi connectivity index (χ0) is 12.0. The zero-order valence-corrected chi connectivity index (χ0v) is 9.73. The maximum absolute atomic E-state index is 11.5. The highest BCUT2D eigenvalue weighted by atomic mass is 16.5. The molecule has 0 aliphatic carbocycles. The van der Waals surface area contributed by atoms with Gasteiger partial charge in [0.2, 0.25) is 5.88 Å². The van der Waals surface area contributed by atoms with Gasteiger partial charge in [-0.25, -0.2) is 4.79 Å². The van der Waals surface area contributed by atoms with E-state index < -0.39 is 5.97 Å². The molecule has 0 saturated carbocycles. The molecule has 1 rings (SSSR count). The molecule has 0 fully saturated rings. The smallest absolute Gasteiger partial charge is 0.345 e. The quantitative estimate of drug-likeness (QED) is 0.671. The Bertz CT molecular complexity index is 349. The third-order valence-electron chi connectivity index (χ3n) is 1.94. The maximum atomic E-state index is 11.5. The summed E-state index contributed by atoms with van der Waals surface area (Å²) in [5.41, 5.74) is 0.334. The number of ether oxygens (including phenoxy) is 3. The van der Waals surface area contributed by atoms with E-state index in [-0.39, 0.29) is 5.88 Å². The van der Waals surface area contributed by atoms with Crippen LogP contribution >= 0.6 is 0 Å². The monoisotopic (exact) mass is 228 g/mol. The summed E-state index contributed by atoms with van der Waals surface area (Å²) in [5, 5.41) is 4.08. The van der Waals surface area contributed by atoms with Crippen LogP contribution in [0.2, 0.25) is 0 Å². The van der Waals surface area contributed by atoms with E-state index in [2.05, 4.69) is 5.10 Å². The van der Waals surface area contributed by atoms with Gasteiger partial charge in [0.15, 0.2) is 0 Å². The molecule has 0 aliphatic rings. The lowest BCUT2D eigenvalue weighted by Gasteiger charge is -1.99. The number of carbonyl (C=O) groups is 1. The molecule has 6 nitrogen and oxygen atoms in total. The van der Waals surface area contributed by atoms with Crippen LogP contribution in [-0.4, -0.2) is 43.2 Å². The first-order valence-corrected chi connectivity index (χ1v) is 5.00. The summed E-state index contributed by atoms with van der Waals surface area (Å²) in [6.07, 6.45) is 1.59. The van der Waals surface area contributed by atoms with Gasteiger partial charge in [0, 0.05) is 13.3 Å². The van der Waals surface area contributed by atoms with Crippen LogP contribution in [0.25, 0.3) is 0 Å². The molecule has 90 valence electrons. The molecular formula is C10H16N2O4. The minimum absolute atomic E-state index is 0.273. The van der Waals surface area contributed by atoms with E-state index in [4.69, 9.17) is 14.2 Å². The maximum Gasteiger partial charge on any atom is 0.345 e. The molecule has 0 spiro atoms. The lowest BCUT2D eigenvalue weighted by Crippen LogP contribution is -2.05. The highest BCUT2D eigenvalue weighted by Crippen LogP contribution is 2.16. The summed E-state index contributed by atoms with van der Waals surface area (Å²) in [6, 6.07) is 0. The standard InChI is InChI=1S/C10H16N2O4/c1-4-16-10(13)8-7-12(5-6-14-2)11-9(8)15-3/h7H,4-6H2,1-3H3. The third kappa shape index (κ3) is 2.96. The summed E-state index contributed by atoms with van der Waals surface area (Å²) in [7, 11) is 3.07. The van der Waals surface area contributed by atoms with Gasteiger partial charge in [-0.1, -0.05) is 0 Å². The number of carbonyl (C=O) groups excluding carboxylic acids is 1. The number of aromatic nitrogens is 2. The van der Waals surface area contributed by atoms with Crippen LogP contribution in [-0.2, 0) is 16.0 Å². The molecular weight excluding hydrogens is 212 g/mol. The molecule has 0 unspecified atom stereocenters. The zero-order valence-electron chi connectivity index (χ0n) is 9.73. The predicted octanol–water partition coefficient (Wildman–Crippen LogP) is 0.715. The van der Waals surface area contributed by atoms with Crippen molar-refractivity contribution in [3.8, 4) is 5.88 Å². The second-order valence-electron chi connectivity index (χ2n) is 3.03. The molecule has 0 bridgehead atoms. The molecule has 0 amide bonds. The summed E-state index contributed by atoms with van der Waals surface area (Å²) < 4.78 is 16.4. The predicted molar refractivity (Wildman–Crippen MR) is 56.6 cm³/mol. The van der Waals surface area contributed by atoms with Gasteiger partial charge in [-0.15, -0.1) is 5.10 Å². The minimum atomic E-state index is -0.428. The number of esters is 1. The van der Waals surface area contributed by atoms with Gasteiger partial charge in [-0.2, -0.15) is 0 Å². The fourth-order valence-corrected chi connectivity index (χ4v) is 1.20. The van der Waals surface area contributed by atoms with Crippen molar-refractivity contribution in [1.82, 2.24) is 9.78 Å². The van der Waals surface area contributed by atoms with Crippen molar-refractivity contribution >= 4 is 5.97 Å². The lowest BCUT2D eigenvalue weighted by molar-refractivity contribution is 0.0522. The Balaban J connectivity index is 2.81. The van der Waals surface area contributed by atoms with E-state index in [1.165, 1.54) is 7.11 Å². The van der Waals surface area contributed by atoms with Crippen molar-refractivity contribution in [3.63, 3.8) is 0 Å². The van der Waals surface area contributed by atoms with Gasteiger partial charge < -0.3 is 14.2 Å². The van der Waals surface area contributed by atoms with Crippen LogP contribution in [0.1, 0.15) is 17.3 Å².